The van der Waals surface area contributed by atoms with Crippen LogP contribution in [0.15, 0.2) is 23.1 Å². The van der Waals surface area contributed by atoms with E-state index < -0.39 is 5.97 Å². The van der Waals surface area contributed by atoms with E-state index in [1.807, 2.05) is 32.9 Å². The van der Waals surface area contributed by atoms with Crippen LogP contribution in [0.5, 0.6) is 0 Å². The normalized spacial score (nSPS) is 15.5. The molecule has 0 unspecified atom stereocenters. The van der Waals surface area contributed by atoms with E-state index in [0.29, 0.717) is 19.5 Å². The van der Waals surface area contributed by atoms with Crippen LogP contribution in [-0.4, -0.2) is 41.6 Å². The molecule has 0 aromatic carbocycles. The minimum Gasteiger partial charge on any atom is -0.364 e. The third kappa shape index (κ3) is 3.32. The van der Waals surface area contributed by atoms with Crippen LogP contribution in [0.25, 0.3) is 5.52 Å². The molecule has 0 bridgehead atoms. The summed E-state index contributed by atoms with van der Waals surface area (Å²) < 4.78 is 1.57. The summed E-state index contributed by atoms with van der Waals surface area (Å²) in [6.45, 7) is 8.81. The Balaban J connectivity index is 2.13. The Morgan fingerprint density at radius 2 is 1.88 bits per heavy atom. The largest absolute Gasteiger partial charge is 0.364 e. The second-order valence-corrected chi connectivity index (χ2v) is 6.36. The van der Waals surface area contributed by atoms with Crippen LogP contribution >= 0.6 is 0 Å². The second kappa shape index (κ2) is 7.37. The number of hydroxylamine groups is 2. The van der Waals surface area contributed by atoms with E-state index in [2.05, 4.69) is 5.32 Å². The number of rotatable bonds is 4. The molecule has 25 heavy (non-hydrogen) atoms. The van der Waals surface area contributed by atoms with E-state index in [1.54, 1.807) is 15.7 Å². The molecule has 2 aromatic heterocycles. The van der Waals surface area contributed by atoms with Crippen molar-refractivity contribution in [3.05, 3.63) is 50.9 Å². The Hall–Kier alpha value is -2.18. The van der Waals surface area contributed by atoms with Crippen LogP contribution in [-0.2, 0) is 17.7 Å². The Bertz CT molecular complexity index is 851. The maximum Gasteiger partial charge on any atom is 0.362 e. The van der Waals surface area contributed by atoms with Crippen LogP contribution in [0, 0.1) is 6.92 Å². The lowest BCUT2D eigenvalue weighted by atomic mass is 9.97. The number of nitrogens with one attached hydrogen (secondary N) is 1. The van der Waals surface area contributed by atoms with Gasteiger partial charge in [-0.3, -0.25) is 9.20 Å². The van der Waals surface area contributed by atoms with Crippen molar-refractivity contribution in [1.29, 1.82) is 0 Å². The molecule has 1 saturated heterocycles. The highest BCUT2D eigenvalue weighted by molar-refractivity contribution is 5.92. The number of hydrogen-bond acceptors (Lipinski definition) is 5. The number of fused-ring (bicyclic) bond motifs is 1. The maximum absolute atomic E-state index is 13.0. The van der Waals surface area contributed by atoms with Gasteiger partial charge in [-0.05, 0) is 48.6 Å². The summed E-state index contributed by atoms with van der Waals surface area (Å²) in [6.07, 6.45) is 3.12. The molecule has 3 heterocycles. The fraction of sp³-hybridized carbons (Fsp3) is 0.474. The second-order valence-electron chi connectivity index (χ2n) is 6.36. The van der Waals surface area contributed by atoms with Gasteiger partial charge < -0.3 is 10.2 Å². The third-order valence-corrected chi connectivity index (χ3v) is 4.72. The number of pyridine rings is 2. The van der Waals surface area contributed by atoms with Gasteiger partial charge in [0.15, 0.2) is 0 Å². The molecule has 0 atom stereocenters. The van der Waals surface area contributed by atoms with Crippen LogP contribution < -0.4 is 10.9 Å². The number of hydrogen-bond donors (Lipinski definition) is 1. The summed E-state index contributed by atoms with van der Waals surface area (Å²) in [4.78, 5) is 31.3. The van der Waals surface area contributed by atoms with E-state index >= 15 is 0 Å². The van der Waals surface area contributed by atoms with Crippen LogP contribution in [0.2, 0.25) is 0 Å². The Kier molecular flexibility index (Phi) is 5.20. The highest BCUT2D eigenvalue weighted by Gasteiger charge is 2.25. The van der Waals surface area contributed by atoms with Gasteiger partial charge in [0.05, 0.1) is 5.52 Å². The summed E-state index contributed by atoms with van der Waals surface area (Å²) in [5.74, 6) is -0.548. The topological polar surface area (TPSA) is 63.0 Å². The fourth-order valence-corrected chi connectivity index (χ4v) is 3.46. The summed E-state index contributed by atoms with van der Waals surface area (Å²) in [7, 11) is 0. The van der Waals surface area contributed by atoms with Gasteiger partial charge in [0.25, 0.3) is 5.56 Å². The molecule has 0 saturated carbocycles. The minimum absolute atomic E-state index is 0.166. The van der Waals surface area contributed by atoms with E-state index in [-0.39, 0.29) is 11.1 Å². The zero-order valence-corrected chi connectivity index (χ0v) is 15.1. The van der Waals surface area contributed by atoms with Crippen molar-refractivity contribution in [3.8, 4) is 0 Å². The van der Waals surface area contributed by atoms with Gasteiger partial charge in [0, 0.05) is 32.4 Å². The summed E-state index contributed by atoms with van der Waals surface area (Å²) >= 11 is 0. The highest BCUT2D eigenvalue weighted by Crippen LogP contribution is 2.21. The predicted molar refractivity (Wildman–Crippen MR) is 97.0 cm³/mol. The first-order chi connectivity index (χ1) is 12.1. The minimum atomic E-state index is -0.548. The molecule has 2 aromatic rings. The Morgan fingerprint density at radius 3 is 2.52 bits per heavy atom. The first-order valence-electron chi connectivity index (χ1n) is 8.91. The number of aromatic nitrogens is 1. The van der Waals surface area contributed by atoms with Gasteiger partial charge in [-0.25, -0.2) is 4.79 Å². The lowest BCUT2D eigenvalue weighted by molar-refractivity contribution is -0.115. The van der Waals surface area contributed by atoms with Crippen LogP contribution in [0.3, 0.4) is 0 Å². The predicted octanol–water partition coefficient (Wildman–Crippen LogP) is 1.71. The lowest BCUT2D eigenvalue weighted by Gasteiger charge is -2.26. The molecule has 0 radical (unpaired) electrons. The highest BCUT2D eigenvalue weighted by atomic mass is 16.7. The fourth-order valence-electron chi connectivity index (χ4n) is 3.46. The van der Waals surface area contributed by atoms with Gasteiger partial charge in [0.1, 0.15) is 5.56 Å². The van der Waals surface area contributed by atoms with Gasteiger partial charge in [0.2, 0.25) is 0 Å². The molecule has 6 nitrogen and oxygen atoms in total. The van der Waals surface area contributed by atoms with Crippen molar-refractivity contribution in [2.24, 2.45) is 0 Å². The molecule has 134 valence electrons. The van der Waals surface area contributed by atoms with Crippen molar-refractivity contribution in [1.82, 2.24) is 14.8 Å². The van der Waals surface area contributed by atoms with Crippen molar-refractivity contribution in [3.63, 3.8) is 0 Å². The average Bonchev–Trinajstić information content (AvgIpc) is 2.61. The first kappa shape index (κ1) is 17.6. The SMILES string of the molecule is CCc1c(C(=O)ON2CCNCC2)c(=O)n2ccc(C)cc2c1CC. The van der Waals surface area contributed by atoms with E-state index in [9.17, 15) is 9.59 Å². The van der Waals surface area contributed by atoms with E-state index in [0.717, 1.165) is 41.7 Å². The molecular weight excluding hydrogens is 318 g/mol. The van der Waals surface area contributed by atoms with Crippen LogP contribution in [0.4, 0.5) is 0 Å². The summed E-state index contributed by atoms with van der Waals surface area (Å²) in [6, 6.07) is 3.88. The number of aryl methyl sites for hydroxylation is 2. The van der Waals surface area contributed by atoms with Gasteiger partial charge >= 0.3 is 5.97 Å². The molecule has 6 heteroatoms. The number of carbonyl (C=O) groups is 1. The third-order valence-electron chi connectivity index (χ3n) is 4.72. The number of nitrogens with zero attached hydrogens (tertiary/aromatic N) is 2. The summed E-state index contributed by atoms with van der Waals surface area (Å²) in [5, 5.41) is 4.84. The van der Waals surface area contributed by atoms with Crippen molar-refractivity contribution in [2.45, 2.75) is 33.6 Å². The molecule has 1 aliphatic rings. The molecule has 1 fully saturated rings. The smallest absolute Gasteiger partial charge is 0.362 e. The average molecular weight is 343 g/mol. The van der Waals surface area contributed by atoms with Crippen molar-refractivity contribution in [2.75, 3.05) is 26.2 Å². The van der Waals surface area contributed by atoms with Gasteiger partial charge in [-0.1, -0.05) is 13.8 Å². The monoisotopic (exact) mass is 343 g/mol. The molecular formula is C19H25N3O3. The van der Waals surface area contributed by atoms with Crippen molar-refractivity contribution < 1.29 is 9.63 Å². The van der Waals surface area contributed by atoms with Crippen molar-refractivity contribution >= 4 is 11.5 Å². The maximum atomic E-state index is 13.0. The standard InChI is InChI=1S/C19H25N3O3/c1-4-14-15(5-2)17(19(24)25-21-10-7-20-8-11-21)18(23)22-9-6-13(3)12-16(14)22/h6,9,12,20H,4-5,7-8,10-11H2,1-3H3. The molecule has 0 aliphatic carbocycles. The molecule has 3 rings (SSSR count). The van der Waals surface area contributed by atoms with Gasteiger partial charge in [-0.2, -0.15) is 0 Å². The zero-order chi connectivity index (χ0) is 18.0. The molecule has 1 aliphatic heterocycles. The molecule has 0 amide bonds. The summed E-state index contributed by atoms with van der Waals surface area (Å²) in [5.41, 5.74) is 3.68. The molecule has 0 spiro atoms. The molecule has 1 N–H and O–H groups in total. The number of carbonyl (C=O) groups excluding carboxylic acids is 1. The quantitative estimate of drug-likeness (QED) is 0.916. The Labute approximate surface area is 147 Å². The Morgan fingerprint density at radius 1 is 1.20 bits per heavy atom. The first-order valence-corrected chi connectivity index (χ1v) is 8.91. The van der Waals surface area contributed by atoms with E-state index in [4.69, 9.17) is 4.84 Å². The lowest BCUT2D eigenvalue weighted by Crippen LogP contribution is -2.45. The van der Waals surface area contributed by atoms with E-state index in [1.165, 1.54) is 0 Å². The zero-order valence-electron chi connectivity index (χ0n) is 15.1. The number of piperazine rings is 1. The van der Waals surface area contributed by atoms with Gasteiger partial charge in [-0.15, -0.1) is 5.06 Å². The van der Waals surface area contributed by atoms with Crippen LogP contribution in [0.1, 0.15) is 40.9 Å².